The van der Waals surface area contributed by atoms with Gasteiger partial charge < -0.3 is 5.73 Å². The number of carbonyl (C=O) groups excluding carboxylic acids is 1. The number of benzene rings is 3. The summed E-state index contributed by atoms with van der Waals surface area (Å²) in [4.78, 5) is 16.3. The number of nitrogens with two attached hydrogens (primary N) is 1. The Morgan fingerprint density at radius 1 is 0.737 bits per heavy atom. The minimum atomic E-state index is -0.119. The molecule has 0 radical (unpaired) electrons. The van der Waals surface area contributed by atoms with Crippen LogP contribution in [-0.2, 0) is 6.54 Å². The maximum atomic E-state index is 14.4. The number of nitrogen functional groups attached to an aromatic ring is 1. The van der Waals surface area contributed by atoms with Crippen LogP contribution in [0.2, 0.25) is 0 Å². The molecule has 5 nitrogen and oxygen atoms in total. The highest BCUT2D eigenvalue weighted by Crippen LogP contribution is 2.39. The number of hydrogen-bond acceptors (Lipinski definition) is 3. The topological polar surface area (TPSA) is 61.9 Å². The van der Waals surface area contributed by atoms with Crippen molar-refractivity contribution in [3.05, 3.63) is 89.5 Å². The molecule has 0 bridgehead atoms. The SMILES string of the molecule is Nc1ccc(N2C(=O)N(Cc3ccccc3C3CCCCC3)N=C(C3CCCCC3)c3ccccc32)cc1. The van der Waals surface area contributed by atoms with Crippen molar-refractivity contribution in [2.45, 2.75) is 76.7 Å². The zero-order valence-electron chi connectivity index (χ0n) is 22.2. The predicted molar refractivity (Wildman–Crippen MR) is 156 cm³/mol. The summed E-state index contributed by atoms with van der Waals surface area (Å²) in [7, 11) is 0. The maximum absolute atomic E-state index is 14.4. The minimum Gasteiger partial charge on any atom is -0.399 e. The van der Waals surface area contributed by atoms with Crippen LogP contribution in [0.5, 0.6) is 0 Å². The van der Waals surface area contributed by atoms with Gasteiger partial charge in [0, 0.05) is 17.2 Å². The number of fused-ring (bicyclic) bond motifs is 1. The van der Waals surface area contributed by atoms with E-state index in [1.807, 2.05) is 35.2 Å². The van der Waals surface area contributed by atoms with Crippen molar-refractivity contribution in [2.24, 2.45) is 11.0 Å². The van der Waals surface area contributed by atoms with Crippen molar-refractivity contribution in [1.82, 2.24) is 5.01 Å². The van der Waals surface area contributed by atoms with E-state index in [0.29, 0.717) is 24.1 Å². The number of rotatable bonds is 5. The van der Waals surface area contributed by atoms with Crippen molar-refractivity contribution >= 4 is 28.8 Å². The van der Waals surface area contributed by atoms with Crippen LogP contribution in [0, 0.1) is 5.92 Å². The standard InChI is InChI=1S/C33H38N4O/c34-27-19-21-28(22-20-27)37-31-18-10-9-17-30(31)32(25-13-5-2-6-14-25)35-36(33(37)38)23-26-15-7-8-16-29(26)24-11-3-1-4-12-24/h7-10,15-22,24-25H,1-6,11-14,23,34H2. The van der Waals surface area contributed by atoms with E-state index >= 15 is 0 Å². The van der Waals surface area contributed by atoms with Gasteiger partial charge >= 0.3 is 6.03 Å². The Bertz CT molecular complexity index is 1300. The first-order valence-corrected chi connectivity index (χ1v) is 14.4. The molecule has 0 saturated heterocycles. The van der Waals surface area contributed by atoms with Gasteiger partial charge in [-0.15, -0.1) is 0 Å². The summed E-state index contributed by atoms with van der Waals surface area (Å²) >= 11 is 0. The Morgan fingerprint density at radius 2 is 1.37 bits per heavy atom. The summed E-state index contributed by atoms with van der Waals surface area (Å²) in [5.74, 6) is 0.925. The van der Waals surface area contributed by atoms with E-state index < -0.39 is 0 Å². The normalized spacial score (nSPS) is 19.2. The summed E-state index contributed by atoms with van der Waals surface area (Å²) in [6.45, 7) is 0.473. The van der Waals surface area contributed by atoms with Crippen LogP contribution in [0.25, 0.3) is 0 Å². The van der Waals surface area contributed by atoms with Gasteiger partial charge in [0.1, 0.15) is 0 Å². The molecule has 2 fully saturated rings. The first-order valence-electron chi connectivity index (χ1n) is 14.4. The average molecular weight is 507 g/mol. The molecule has 2 aliphatic carbocycles. The summed E-state index contributed by atoms with van der Waals surface area (Å²) in [6.07, 6.45) is 12.3. The van der Waals surface area contributed by atoms with Gasteiger partial charge in [-0.25, -0.2) is 9.80 Å². The lowest BCUT2D eigenvalue weighted by atomic mass is 9.82. The zero-order valence-corrected chi connectivity index (χ0v) is 22.2. The third kappa shape index (κ3) is 4.94. The first-order chi connectivity index (χ1) is 18.7. The van der Waals surface area contributed by atoms with E-state index in [2.05, 4.69) is 42.5 Å². The molecule has 2 amide bonds. The second kappa shape index (κ2) is 11.0. The number of hydrogen-bond donors (Lipinski definition) is 1. The fourth-order valence-corrected chi connectivity index (χ4v) is 6.64. The van der Waals surface area contributed by atoms with E-state index in [0.717, 1.165) is 35.5 Å². The Morgan fingerprint density at radius 3 is 2.11 bits per heavy atom. The molecule has 2 saturated carbocycles. The molecule has 1 aliphatic heterocycles. The number of carbonyl (C=O) groups is 1. The van der Waals surface area contributed by atoms with Crippen LogP contribution in [0.15, 0.2) is 77.9 Å². The number of urea groups is 1. The van der Waals surface area contributed by atoms with Gasteiger partial charge in [0.2, 0.25) is 0 Å². The molecular formula is C33H38N4O. The summed E-state index contributed by atoms with van der Waals surface area (Å²) < 4.78 is 0. The van der Waals surface area contributed by atoms with Crippen LogP contribution < -0.4 is 10.6 Å². The minimum absolute atomic E-state index is 0.119. The van der Waals surface area contributed by atoms with Crippen LogP contribution in [-0.4, -0.2) is 16.8 Å². The molecule has 0 unspecified atom stereocenters. The van der Waals surface area contributed by atoms with Gasteiger partial charge in [-0.2, -0.15) is 5.10 Å². The zero-order chi connectivity index (χ0) is 25.9. The Balaban J connectivity index is 1.45. The molecule has 3 aliphatic rings. The molecule has 0 spiro atoms. The number of nitrogens with zero attached hydrogens (tertiary/aromatic N) is 3. The molecular weight excluding hydrogens is 468 g/mol. The molecule has 196 valence electrons. The van der Waals surface area contributed by atoms with Gasteiger partial charge in [-0.05, 0) is 73.1 Å². The highest BCUT2D eigenvalue weighted by molar-refractivity contribution is 6.13. The lowest BCUT2D eigenvalue weighted by molar-refractivity contribution is 0.207. The van der Waals surface area contributed by atoms with Crippen LogP contribution in [0.3, 0.4) is 0 Å². The number of amides is 2. The smallest absolute Gasteiger partial charge is 0.349 e. The second-order valence-corrected chi connectivity index (χ2v) is 11.1. The highest BCUT2D eigenvalue weighted by Gasteiger charge is 2.34. The monoisotopic (exact) mass is 506 g/mol. The molecule has 6 rings (SSSR count). The van der Waals surface area contributed by atoms with Crippen molar-refractivity contribution < 1.29 is 4.79 Å². The van der Waals surface area contributed by atoms with Crippen molar-refractivity contribution in [3.63, 3.8) is 0 Å². The van der Waals surface area contributed by atoms with Crippen LogP contribution in [0.4, 0.5) is 21.9 Å². The average Bonchev–Trinajstić information content (AvgIpc) is 3.09. The van der Waals surface area contributed by atoms with Gasteiger partial charge in [0.25, 0.3) is 0 Å². The molecule has 0 aromatic heterocycles. The third-order valence-electron chi connectivity index (χ3n) is 8.62. The molecule has 5 heteroatoms. The quantitative estimate of drug-likeness (QED) is 0.353. The highest BCUT2D eigenvalue weighted by atomic mass is 16.2. The maximum Gasteiger partial charge on any atom is 0.349 e. The molecule has 3 aromatic carbocycles. The lowest BCUT2D eigenvalue weighted by Crippen LogP contribution is -2.37. The van der Waals surface area contributed by atoms with E-state index in [9.17, 15) is 4.79 Å². The number of para-hydroxylation sites is 1. The number of anilines is 3. The Kier molecular flexibility index (Phi) is 7.17. The predicted octanol–water partition coefficient (Wildman–Crippen LogP) is 8.37. The van der Waals surface area contributed by atoms with Gasteiger partial charge in [0.15, 0.2) is 0 Å². The fraction of sp³-hybridized carbons (Fsp3) is 0.394. The summed E-state index contributed by atoms with van der Waals surface area (Å²) in [5, 5.41) is 6.97. The Hall–Kier alpha value is -3.60. The van der Waals surface area contributed by atoms with E-state index in [-0.39, 0.29) is 6.03 Å². The van der Waals surface area contributed by atoms with Crippen molar-refractivity contribution in [1.29, 1.82) is 0 Å². The van der Waals surface area contributed by atoms with Crippen molar-refractivity contribution in [2.75, 3.05) is 10.6 Å². The molecule has 3 aromatic rings. The second-order valence-electron chi connectivity index (χ2n) is 11.1. The molecule has 2 N–H and O–H groups in total. The fourth-order valence-electron chi connectivity index (χ4n) is 6.64. The van der Waals surface area contributed by atoms with Gasteiger partial charge in [0.05, 0.1) is 23.6 Å². The van der Waals surface area contributed by atoms with E-state index in [4.69, 9.17) is 10.8 Å². The lowest BCUT2D eigenvalue weighted by Gasteiger charge is -2.29. The third-order valence-corrected chi connectivity index (χ3v) is 8.62. The molecule has 0 atom stereocenters. The number of hydrazone groups is 1. The van der Waals surface area contributed by atoms with Crippen LogP contribution >= 0.6 is 0 Å². The van der Waals surface area contributed by atoms with E-state index in [1.165, 1.54) is 62.5 Å². The molecule has 38 heavy (non-hydrogen) atoms. The van der Waals surface area contributed by atoms with Gasteiger partial charge in [-0.3, -0.25) is 4.90 Å². The van der Waals surface area contributed by atoms with E-state index in [1.54, 1.807) is 5.01 Å². The first kappa shape index (κ1) is 24.7. The summed E-state index contributed by atoms with van der Waals surface area (Å²) in [5.41, 5.74) is 13.1. The summed E-state index contributed by atoms with van der Waals surface area (Å²) in [6, 6.07) is 24.5. The van der Waals surface area contributed by atoms with Crippen LogP contribution in [0.1, 0.15) is 86.8 Å². The Labute approximate surface area is 226 Å². The molecule has 1 heterocycles. The largest absolute Gasteiger partial charge is 0.399 e. The van der Waals surface area contributed by atoms with Crippen molar-refractivity contribution in [3.8, 4) is 0 Å². The van der Waals surface area contributed by atoms with Gasteiger partial charge in [-0.1, -0.05) is 81.0 Å².